The van der Waals surface area contributed by atoms with Gasteiger partial charge in [-0.25, -0.2) is 0 Å². The van der Waals surface area contributed by atoms with Crippen LogP contribution in [0, 0.1) is 19.3 Å². The van der Waals surface area contributed by atoms with Gasteiger partial charge < -0.3 is 15.4 Å². The molecule has 2 aromatic rings. The van der Waals surface area contributed by atoms with Crippen molar-refractivity contribution in [3.8, 4) is 5.75 Å². The van der Waals surface area contributed by atoms with E-state index >= 15 is 0 Å². The Bertz CT molecular complexity index is 1010. The van der Waals surface area contributed by atoms with Crippen LogP contribution in [-0.2, 0) is 14.4 Å². The number of hydrogen-bond donors (Lipinski definition) is 2. The molecule has 32 heavy (non-hydrogen) atoms. The second kappa shape index (κ2) is 10.6. The Hall–Kier alpha value is -2.86. The molecular weight excluding hydrogens is 428 g/mol. The van der Waals surface area contributed by atoms with Crippen molar-refractivity contribution in [1.29, 1.82) is 0 Å². The summed E-state index contributed by atoms with van der Waals surface area (Å²) in [4.78, 5) is 37.2. The maximum Gasteiger partial charge on any atom is 0.265 e. The monoisotopic (exact) mass is 458 g/mol. The van der Waals surface area contributed by atoms with Gasteiger partial charge in [0.05, 0.1) is 17.1 Å². The molecule has 2 aromatic carbocycles. The molecule has 0 spiro atoms. The first-order valence-corrected chi connectivity index (χ1v) is 11.0. The molecule has 7 heteroatoms. The first-order chi connectivity index (χ1) is 14.9. The molecule has 0 aliphatic rings. The zero-order valence-corrected chi connectivity index (χ0v) is 20.2. The number of nitrogens with one attached hydrogen (secondary N) is 2. The van der Waals surface area contributed by atoms with Gasteiger partial charge in [-0.1, -0.05) is 57.0 Å². The van der Waals surface area contributed by atoms with Crippen molar-refractivity contribution in [1.82, 2.24) is 0 Å². The van der Waals surface area contributed by atoms with Crippen LogP contribution in [0.1, 0.15) is 51.7 Å². The van der Waals surface area contributed by atoms with Gasteiger partial charge in [0.2, 0.25) is 5.91 Å². The number of Topliss-reactive ketones (excluding diaryl/α,β-unsaturated/α-hetero) is 1. The highest BCUT2D eigenvalue weighted by atomic mass is 35.5. The molecule has 1 unspecified atom stereocenters. The summed E-state index contributed by atoms with van der Waals surface area (Å²) < 4.78 is 5.93. The van der Waals surface area contributed by atoms with Crippen molar-refractivity contribution in [2.24, 2.45) is 5.41 Å². The number of ketones is 1. The van der Waals surface area contributed by atoms with E-state index in [4.69, 9.17) is 16.3 Å². The largest absolute Gasteiger partial charge is 0.480 e. The lowest BCUT2D eigenvalue weighted by molar-refractivity contribution is -0.130. The van der Waals surface area contributed by atoms with Crippen LogP contribution in [-0.4, -0.2) is 23.7 Å². The van der Waals surface area contributed by atoms with Crippen LogP contribution in [0.2, 0.25) is 5.02 Å². The van der Waals surface area contributed by atoms with E-state index in [0.29, 0.717) is 28.6 Å². The highest BCUT2D eigenvalue weighted by molar-refractivity contribution is 6.34. The van der Waals surface area contributed by atoms with E-state index in [1.165, 1.54) is 0 Å². The van der Waals surface area contributed by atoms with E-state index in [9.17, 15) is 14.4 Å². The van der Waals surface area contributed by atoms with Crippen molar-refractivity contribution in [3.05, 3.63) is 52.5 Å². The molecule has 0 radical (unpaired) electrons. The lowest BCUT2D eigenvalue weighted by Crippen LogP contribution is -2.32. The van der Waals surface area contributed by atoms with Gasteiger partial charge in [-0.05, 0) is 50.1 Å². The molecule has 0 heterocycles. The van der Waals surface area contributed by atoms with Crippen LogP contribution >= 0.6 is 11.6 Å². The Kier molecular flexibility index (Phi) is 8.44. The van der Waals surface area contributed by atoms with Crippen LogP contribution in [0.3, 0.4) is 0 Å². The molecular formula is C25H31ClN2O4. The van der Waals surface area contributed by atoms with Crippen LogP contribution in [0.25, 0.3) is 0 Å². The van der Waals surface area contributed by atoms with E-state index in [1.54, 1.807) is 39.0 Å². The number of halogens is 1. The maximum absolute atomic E-state index is 12.8. The van der Waals surface area contributed by atoms with Gasteiger partial charge in [0, 0.05) is 11.1 Å². The fraction of sp³-hybridized carbons (Fsp3) is 0.400. The normalized spacial score (nSPS) is 12.1. The minimum atomic E-state index is -0.686. The molecule has 2 rings (SSSR count). The SMILES string of the molecule is CCC(Oc1ccc(C)cc1C)C(=O)Nc1ccc(Cl)c(NC(=O)CC(=O)C(C)(C)C)c1. The topological polar surface area (TPSA) is 84.5 Å². The van der Waals surface area contributed by atoms with Gasteiger partial charge in [0.15, 0.2) is 6.10 Å². The standard InChI is InChI=1S/C25H31ClN2O4/c1-7-20(32-21-11-8-15(2)12-16(21)3)24(31)27-17-9-10-18(26)19(13-17)28-23(30)14-22(29)25(4,5)6/h8-13,20H,7,14H2,1-6H3,(H,27,31)(H,28,30). The molecule has 0 saturated carbocycles. The quantitative estimate of drug-likeness (QED) is 0.497. The predicted octanol–water partition coefficient (Wildman–Crippen LogP) is 5.70. The van der Waals surface area contributed by atoms with E-state index in [0.717, 1.165) is 11.1 Å². The van der Waals surface area contributed by atoms with Crippen LogP contribution in [0.4, 0.5) is 11.4 Å². The smallest absolute Gasteiger partial charge is 0.265 e. The Balaban J connectivity index is 2.09. The average molecular weight is 459 g/mol. The molecule has 0 aliphatic carbocycles. The van der Waals surface area contributed by atoms with Crippen molar-refractivity contribution < 1.29 is 19.1 Å². The summed E-state index contributed by atoms with van der Waals surface area (Å²) >= 11 is 6.19. The second-order valence-electron chi connectivity index (χ2n) is 8.87. The summed E-state index contributed by atoms with van der Waals surface area (Å²) in [6, 6.07) is 10.6. The van der Waals surface area contributed by atoms with Gasteiger partial charge >= 0.3 is 0 Å². The summed E-state index contributed by atoms with van der Waals surface area (Å²) in [5.74, 6) is -0.287. The highest BCUT2D eigenvalue weighted by Crippen LogP contribution is 2.27. The average Bonchev–Trinajstić information content (AvgIpc) is 2.69. The number of hydrogen-bond acceptors (Lipinski definition) is 4. The van der Waals surface area contributed by atoms with Crippen LogP contribution < -0.4 is 15.4 Å². The third-order valence-corrected chi connectivity index (χ3v) is 5.26. The minimum absolute atomic E-state index is 0.176. The van der Waals surface area contributed by atoms with Crippen molar-refractivity contribution in [2.45, 2.75) is 60.5 Å². The van der Waals surface area contributed by atoms with Crippen LogP contribution in [0.15, 0.2) is 36.4 Å². The zero-order valence-electron chi connectivity index (χ0n) is 19.5. The number of carbonyl (C=O) groups is 3. The molecule has 2 amide bonds. The molecule has 6 nitrogen and oxygen atoms in total. The zero-order chi connectivity index (χ0) is 24.1. The van der Waals surface area contributed by atoms with E-state index in [1.807, 2.05) is 39.0 Å². The fourth-order valence-corrected chi connectivity index (χ4v) is 3.10. The Morgan fingerprint density at radius 1 is 1.03 bits per heavy atom. The Morgan fingerprint density at radius 2 is 1.72 bits per heavy atom. The number of anilines is 2. The van der Waals surface area contributed by atoms with Gasteiger partial charge in [-0.2, -0.15) is 0 Å². The summed E-state index contributed by atoms with van der Waals surface area (Å²) in [5.41, 5.74) is 2.24. The molecule has 0 saturated heterocycles. The molecule has 0 fully saturated rings. The van der Waals surface area contributed by atoms with Gasteiger partial charge in [0.1, 0.15) is 11.5 Å². The summed E-state index contributed by atoms with van der Waals surface area (Å²) in [5, 5.41) is 5.76. The third-order valence-electron chi connectivity index (χ3n) is 4.93. The summed E-state index contributed by atoms with van der Waals surface area (Å²) in [6.07, 6.45) is -0.460. The second-order valence-corrected chi connectivity index (χ2v) is 9.27. The summed E-state index contributed by atoms with van der Waals surface area (Å²) in [7, 11) is 0. The van der Waals surface area contributed by atoms with Gasteiger partial charge in [-0.15, -0.1) is 0 Å². The summed E-state index contributed by atoms with van der Waals surface area (Å²) in [6.45, 7) is 11.1. The molecule has 0 aromatic heterocycles. The number of ether oxygens (including phenoxy) is 1. The molecule has 0 bridgehead atoms. The van der Waals surface area contributed by atoms with E-state index in [-0.39, 0.29) is 18.1 Å². The lowest BCUT2D eigenvalue weighted by Gasteiger charge is -2.19. The number of rotatable bonds is 8. The Labute approximate surface area is 194 Å². The lowest BCUT2D eigenvalue weighted by atomic mass is 9.89. The highest BCUT2D eigenvalue weighted by Gasteiger charge is 2.24. The first-order valence-electron chi connectivity index (χ1n) is 10.6. The number of amides is 2. The van der Waals surface area contributed by atoms with E-state index in [2.05, 4.69) is 10.6 Å². The fourth-order valence-electron chi connectivity index (χ4n) is 2.93. The van der Waals surface area contributed by atoms with Crippen molar-refractivity contribution >= 4 is 40.6 Å². The molecule has 172 valence electrons. The molecule has 0 aliphatic heterocycles. The number of carbonyl (C=O) groups excluding carboxylic acids is 3. The third kappa shape index (κ3) is 7.09. The number of benzene rings is 2. The first kappa shape index (κ1) is 25.4. The minimum Gasteiger partial charge on any atom is -0.480 e. The van der Waals surface area contributed by atoms with Crippen molar-refractivity contribution in [2.75, 3.05) is 10.6 Å². The van der Waals surface area contributed by atoms with Gasteiger partial charge in [-0.3, -0.25) is 14.4 Å². The maximum atomic E-state index is 12.8. The van der Waals surface area contributed by atoms with Crippen molar-refractivity contribution in [3.63, 3.8) is 0 Å². The molecule has 2 N–H and O–H groups in total. The number of aryl methyl sites for hydroxylation is 2. The predicted molar refractivity (Wildman–Crippen MR) is 128 cm³/mol. The molecule has 1 atom stereocenters. The van der Waals surface area contributed by atoms with Gasteiger partial charge in [0.25, 0.3) is 5.91 Å². The Morgan fingerprint density at radius 3 is 2.31 bits per heavy atom. The van der Waals surface area contributed by atoms with Crippen LogP contribution in [0.5, 0.6) is 5.75 Å². The van der Waals surface area contributed by atoms with E-state index < -0.39 is 17.4 Å².